The average Bonchev–Trinajstić information content (AvgIpc) is 2.48. The molecule has 0 saturated carbocycles. The minimum Gasteiger partial charge on any atom is -0.341 e. The fourth-order valence-electron chi connectivity index (χ4n) is 2.25. The lowest BCUT2D eigenvalue weighted by atomic mass is 10.1. The second kappa shape index (κ2) is 5.66. The summed E-state index contributed by atoms with van der Waals surface area (Å²) < 4.78 is 13.8. The SMILES string of the molecule is Fc1cnccc1-c1nc(Cl)nc(N2CCCCC2)n1. The molecule has 5 nitrogen and oxygen atoms in total. The molecular formula is C13H13ClFN5. The second-order valence-electron chi connectivity index (χ2n) is 4.63. The van der Waals surface area contributed by atoms with Crippen molar-refractivity contribution >= 4 is 17.5 Å². The minimum atomic E-state index is -0.473. The molecule has 0 radical (unpaired) electrons. The van der Waals surface area contributed by atoms with E-state index in [1.807, 2.05) is 0 Å². The number of rotatable bonds is 2. The van der Waals surface area contributed by atoms with Gasteiger partial charge >= 0.3 is 0 Å². The molecule has 0 aliphatic carbocycles. The summed E-state index contributed by atoms with van der Waals surface area (Å²) in [5.74, 6) is 0.278. The van der Waals surface area contributed by atoms with Crippen LogP contribution in [0.4, 0.5) is 10.3 Å². The molecule has 1 aliphatic rings. The van der Waals surface area contributed by atoms with Crippen LogP contribution in [0.15, 0.2) is 18.5 Å². The summed E-state index contributed by atoms with van der Waals surface area (Å²) in [7, 11) is 0. The van der Waals surface area contributed by atoms with E-state index in [1.54, 1.807) is 0 Å². The van der Waals surface area contributed by atoms with Gasteiger partial charge in [0.05, 0.1) is 11.8 Å². The molecule has 7 heteroatoms. The van der Waals surface area contributed by atoms with Gasteiger partial charge < -0.3 is 4.90 Å². The fourth-order valence-corrected chi connectivity index (χ4v) is 2.41. The van der Waals surface area contributed by atoms with Crippen LogP contribution in [0.3, 0.4) is 0 Å². The van der Waals surface area contributed by atoms with Crippen molar-refractivity contribution in [3.05, 3.63) is 29.6 Å². The molecule has 0 bridgehead atoms. The Morgan fingerprint density at radius 1 is 1.10 bits per heavy atom. The van der Waals surface area contributed by atoms with Crippen molar-refractivity contribution in [1.29, 1.82) is 0 Å². The van der Waals surface area contributed by atoms with Crippen molar-refractivity contribution in [2.45, 2.75) is 19.3 Å². The smallest absolute Gasteiger partial charge is 0.230 e. The number of halogens is 2. The number of aromatic nitrogens is 4. The van der Waals surface area contributed by atoms with Gasteiger partial charge in [-0.1, -0.05) is 0 Å². The molecule has 3 rings (SSSR count). The molecule has 0 unspecified atom stereocenters. The van der Waals surface area contributed by atoms with Crippen molar-refractivity contribution in [3.8, 4) is 11.4 Å². The van der Waals surface area contributed by atoms with Crippen molar-refractivity contribution < 1.29 is 4.39 Å². The molecule has 0 aromatic carbocycles. The standard InChI is InChI=1S/C13H13ClFN5/c14-12-17-11(9-4-5-16-8-10(9)15)18-13(19-12)20-6-2-1-3-7-20/h4-5,8H,1-3,6-7H2. The van der Waals surface area contributed by atoms with E-state index in [9.17, 15) is 4.39 Å². The Kier molecular flexibility index (Phi) is 3.73. The lowest BCUT2D eigenvalue weighted by Gasteiger charge is -2.26. The van der Waals surface area contributed by atoms with Gasteiger partial charge in [0, 0.05) is 19.3 Å². The van der Waals surface area contributed by atoms with Crippen LogP contribution >= 0.6 is 11.6 Å². The molecule has 0 spiro atoms. The Hall–Kier alpha value is -1.82. The van der Waals surface area contributed by atoms with Crippen LogP contribution in [-0.2, 0) is 0 Å². The van der Waals surface area contributed by atoms with Crippen LogP contribution in [-0.4, -0.2) is 33.0 Å². The third-order valence-electron chi connectivity index (χ3n) is 3.25. The molecule has 0 amide bonds. The Balaban J connectivity index is 2.00. The zero-order valence-corrected chi connectivity index (χ0v) is 11.5. The molecule has 104 valence electrons. The minimum absolute atomic E-state index is 0.0757. The molecular weight excluding hydrogens is 281 g/mol. The first-order chi connectivity index (χ1) is 9.74. The average molecular weight is 294 g/mol. The summed E-state index contributed by atoms with van der Waals surface area (Å²) in [5, 5.41) is 0.0757. The molecule has 2 aromatic rings. The van der Waals surface area contributed by atoms with Gasteiger partial charge in [-0.05, 0) is 36.9 Å². The fraction of sp³-hybridized carbons (Fsp3) is 0.385. The van der Waals surface area contributed by atoms with Gasteiger partial charge in [-0.2, -0.15) is 15.0 Å². The maximum atomic E-state index is 13.8. The first-order valence-corrected chi connectivity index (χ1v) is 6.88. The zero-order valence-electron chi connectivity index (χ0n) is 10.8. The maximum absolute atomic E-state index is 13.8. The van der Waals surface area contributed by atoms with Crippen LogP contribution in [0.2, 0.25) is 5.28 Å². The summed E-state index contributed by atoms with van der Waals surface area (Å²) in [4.78, 5) is 18.3. The van der Waals surface area contributed by atoms with Crippen LogP contribution in [0.1, 0.15) is 19.3 Å². The largest absolute Gasteiger partial charge is 0.341 e. The van der Waals surface area contributed by atoms with Gasteiger partial charge in [0.15, 0.2) is 11.6 Å². The highest BCUT2D eigenvalue weighted by Crippen LogP contribution is 2.23. The highest BCUT2D eigenvalue weighted by Gasteiger charge is 2.17. The Bertz CT molecular complexity index is 615. The van der Waals surface area contributed by atoms with E-state index in [1.165, 1.54) is 18.7 Å². The predicted octanol–water partition coefficient (Wildman–Crippen LogP) is 2.72. The molecule has 20 heavy (non-hydrogen) atoms. The summed E-state index contributed by atoms with van der Waals surface area (Å²) in [6, 6.07) is 1.53. The van der Waals surface area contributed by atoms with Crippen molar-refractivity contribution in [2.24, 2.45) is 0 Å². The molecule has 3 heterocycles. The van der Waals surface area contributed by atoms with Gasteiger partial charge in [0.25, 0.3) is 0 Å². The molecule has 1 saturated heterocycles. The monoisotopic (exact) mass is 293 g/mol. The molecule has 1 aliphatic heterocycles. The third kappa shape index (κ3) is 2.70. The lowest BCUT2D eigenvalue weighted by Crippen LogP contribution is -2.31. The number of hydrogen-bond donors (Lipinski definition) is 0. The van der Waals surface area contributed by atoms with Gasteiger partial charge in [0.2, 0.25) is 11.2 Å². The van der Waals surface area contributed by atoms with Gasteiger partial charge in [0.1, 0.15) is 0 Å². The lowest BCUT2D eigenvalue weighted by molar-refractivity contribution is 0.567. The van der Waals surface area contributed by atoms with E-state index in [-0.39, 0.29) is 16.7 Å². The summed E-state index contributed by atoms with van der Waals surface area (Å²) in [5.41, 5.74) is 0.280. The number of nitrogens with zero attached hydrogens (tertiary/aromatic N) is 5. The van der Waals surface area contributed by atoms with E-state index >= 15 is 0 Å². The first kappa shape index (κ1) is 13.2. The van der Waals surface area contributed by atoms with Crippen molar-refractivity contribution in [2.75, 3.05) is 18.0 Å². The van der Waals surface area contributed by atoms with E-state index in [2.05, 4.69) is 24.8 Å². The second-order valence-corrected chi connectivity index (χ2v) is 4.97. The van der Waals surface area contributed by atoms with Crippen LogP contribution in [0, 0.1) is 5.82 Å². The van der Waals surface area contributed by atoms with Crippen molar-refractivity contribution in [3.63, 3.8) is 0 Å². The van der Waals surface area contributed by atoms with Gasteiger partial charge in [-0.15, -0.1) is 0 Å². The number of hydrogen-bond acceptors (Lipinski definition) is 5. The quantitative estimate of drug-likeness (QED) is 0.852. The number of pyridine rings is 1. The van der Waals surface area contributed by atoms with Crippen LogP contribution in [0.25, 0.3) is 11.4 Å². The number of piperidine rings is 1. The predicted molar refractivity (Wildman–Crippen MR) is 74.1 cm³/mol. The Morgan fingerprint density at radius 2 is 1.90 bits per heavy atom. The summed E-state index contributed by atoms with van der Waals surface area (Å²) in [6.45, 7) is 1.78. The van der Waals surface area contributed by atoms with E-state index in [0.29, 0.717) is 5.95 Å². The highest BCUT2D eigenvalue weighted by molar-refractivity contribution is 6.28. The third-order valence-corrected chi connectivity index (χ3v) is 3.42. The van der Waals surface area contributed by atoms with Gasteiger partial charge in [-0.3, -0.25) is 4.98 Å². The maximum Gasteiger partial charge on any atom is 0.230 e. The highest BCUT2D eigenvalue weighted by atomic mass is 35.5. The number of anilines is 1. The summed E-state index contributed by atoms with van der Waals surface area (Å²) >= 11 is 5.94. The normalized spacial score (nSPS) is 15.4. The van der Waals surface area contributed by atoms with Gasteiger partial charge in [-0.25, -0.2) is 4.39 Å². The zero-order chi connectivity index (χ0) is 13.9. The van der Waals surface area contributed by atoms with Crippen LogP contribution < -0.4 is 4.90 Å². The molecule has 0 atom stereocenters. The topological polar surface area (TPSA) is 54.8 Å². The molecule has 1 fully saturated rings. The van der Waals surface area contributed by atoms with E-state index in [0.717, 1.165) is 32.1 Å². The van der Waals surface area contributed by atoms with E-state index < -0.39 is 5.82 Å². The van der Waals surface area contributed by atoms with E-state index in [4.69, 9.17) is 11.6 Å². The Labute approximate surface area is 120 Å². The van der Waals surface area contributed by atoms with Crippen LogP contribution in [0.5, 0.6) is 0 Å². The molecule has 2 aromatic heterocycles. The summed E-state index contributed by atoms with van der Waals surface area (Å²) in [6.07, 6.45) is 6.04. The molecule has 0 N–H and O–H groups in total. The Morgan fingerprint density at radius 3 is 2.65 bits per heavy atom. The first-order valence-electron chi connectivity index (χ1n) is 6.50. The van der Waals surface area contributed by atoms with Crippen molar-refractivity contribution in [1.82, 2.24) is 19.9 Å².